The number of nitrogens with zero attached hydrogens (tertiary/aromatic N) is 5. The van der Waals surface area contributed by atoms with E-state index in [1.165, 1.54) is 4.80 Å². The summed E-state index contributed by atoms with van der Waals surface area (Å²) < 4.78 is 0. The first-order valence-electron chi connectivity index (χ1n) is 5.91. The summed E-state index contributed by atoms with van der Waals surface area (Å²) >= 11 is 0. The van der Waals surface area contributed by atoms with Gasteiger partial charge < -0.3 is 10.2 Å². The topological polar surface area (TPSA) is 93.0 Å². The van der Waals surface area contributed by atoms with Gasteiger partial charge in [-0.15, -0.1) is 10.2 Å². The van der Waals surface area contributed by atoms with Crippen LogP contribution >= 0.6 is 0 Å². The van der Waals surface area contributed by atoms with Crippen molar-refractivity contribution in [3.05, 3.63) is 5.82 Å². The van der Waals surface area contributed by atoms with Crippen LogP contribution in [0.3, 0.4) is 0 Å². The fourth-order valence-corrected chi connectivity index (χ4v) is 1.89. The highest BCUT2D eigenvalue weighted by atomic mass is 16.2. The highest BCUT2D eigenvalue weighted by Crippen LogP contribution is 2.08. The Morgan fingerprint density at radius 3 is 2.83 bits per heavy atom. The van der Waals surface area contributed by atoms with Crippen LogP contribution in [0.4, 0.5) is 0 Å². The lowest BCUT2D eigenvalue weighted by Gasteiger charge is -2.21. The predicted molar refractivity (Wildman–Crippen MR) is 61.1 cm³/mol. The van der Waals surface area contributed by atoms with Gasteiger partial charge in [-0.25, -0.2) is 0 Å². The number of hydrogen-bond donors (Lipinski definition) is 1. The van der Waals surface area contributed by atoms with Crippen LogP contribution in [0.25, 0.3) is 0 Å². The van der Waals surface area contributed by atoms with E-state index in [-0.39, 0.29) is 18.4 Å². The van der Waals surface area contributed by atoms with Crippen LogP contribution < -0.4 is 5.32 Å². The maximum atomic E-state index is 12.2. The SMILES string of the molecule is CCC1NC(=O)CCN(Cc2nnn(C)n2)C1=O. The van der Waals surface area contributed by atoms with Crippen LogP contribution in [0.5, 0.6) is 0 Å². The molecular formula is C10H16N6O2. The van der Waals surface area contributed by atoms with Crippen molar-refractivity contribution in [3.8, 4) is 0 Å². The molecule has 0 radical (unpaired) electrons. The van der Waals surface area contributed by atoms with E-state index in [0.717, 1.165) is 0 Å². The average molecular weight is 252 g/mol. The molecule has 1 atom stereocenters. The number of carbonyl (C=O) groups is 2. The Morgan fingerprint density at radius 2 is 2.22 bits per heavy atom. The van der Waals surface area contributed by atoms with Crippen LogP contribution in [0, 0.1) is 0 Å². The van der Waals surface area contributed by atoms with E-state index in [2.05, 4.69) is 20.7 Å². The van der Waals surface area contributed by atoms with E-state index in [4.69, 9.17) is 0 Å². The summed E-state index contributed by atoms with van der Waals surface area (Å²) in [5, 5.41) is 14.3. The van der Waals surface area contributed by atoms with E-state index in [0.29, 0.717) is 25.2 Å². The average Bonchev–Trinajstić information content (AvgIpc) is 2.70. The second kappa shape index (κ2) is 5.11. The van der Waals surface area contributed by atoms with Gasteiger partial charge in [-0.2, -0.15) is 4.80 Å². The van der Waals surface area contributed by atoms with Crippen LogP contribution in [0.1, 0.15) is 25.6 Å². The fourth-order valence-electron chi connectivity index (χ4n) is 1.89. The molecule has 2 heterocycles. The monoisotopic (exact) mass is 252 g/mol. The van der Waals surface area contributed by atoms with Crippen molar-refractivity contribution >= 4 is 11.8 Å². The number of aryl methyl sites for hydroxylation is 1. The number of hydrogen-bond acceptors (Lipinski definition) is 5. The summed E-state index contributed by atoms with van der Waals surface area (Å²) in [4.78, 5) is 26.6. The van der Waals surface area contributed by atoms with Gasteiger partial charge >= 0.3 is 0 Å². The van der Waals surface area contributed by atoms with Crippen LogP contribution in [-0.4, -0.2) is 49.5 Å². The number of tetrazole rings is 1. The first kappa shape index (κ1) is 12.5. The molecule has 1 fully saturated rings. The zero-order chi connectivity index (χ0) is 13.1. The molecule has 2 amide bonds. The maximum absolute atomic E-state index is 12.2. The molecule has 18 heavy (non-hydrogen) atoms. The third kappa shape index (κ3) is 2.63. The van der Waals surface area contributed by atoms with Crippen LogP contribution in [0.2, 0.25) is 0 Å². The lowest BCUT2D eigenvalue weighted by atomic mass is 10.2. The van der Waals surface area contributed by atoms with Crippen molar-refractivity contribution in [2.75, 3.05) is 6.54 Å². The normalized spacial score (nSPS) is 20.8. The Morgan fingerprint density at radius 1 is 1.44 bits per heavy atom. The predicted octanol–water partition coefficient (Wildman–Crippen LogP) is -1.16. The standard InChI is InChI=1S/C10H16N6O2/c1-3-7-10(18)16(5-4-9(17)11-7)6-8-12-14-15(2)13-8/h7H,3-6H2,1-2H3,(H,11,17). The van der Waals surface area contributed by atoms with E-state index in [9.17, 15) is 9.59 Å². The molecule has 0 saturated carbocycles. The zero-order valence-corrected chi connectivity index (χ0v) is 10.5. The first-order valence-corrected chi connectivity index (χ1v) is 5.91. The van der Waals surface area contributed by atoms with Crippen molar-refractivity contribution in [2.24, 2.45) is 7.05 Å². The van der Waals surface area contributed by atoms with Crippen molar-refractivity contribution < 1.29 is 9.59 Å². The van der Waals surface area contributed by atoms with Crippen LogP contribution in [-0.2, 0) is 23.2 Å². The van der Waals surface area contributed by atoms with E-state index >= 15 is 0 Å². The van der Waals surface area contributed by atoms with Gasteiger partial charge in [0.2, 0.25) is 11.8 Å². The van der Waals surface area contributed by atoms with Gasteiger partial charge in [-0.3, -0.25) is 9.59 Å². The number of nitrogens with one attached hydrogen (secondary N) is 1. The lowest BCUT2D eigenvalue weighted by molar-refractivity contribution is -0.134. The van der Waals surface area contributed by atoms with Gasteiger partial charge in [-0.05, 0) is 11.6 Å². The minimum absolute atomic E-state index is 0.0872. The summed E-state index contributed by atoms with van der Waals surface area (Å²) in [5.41, 5.74) is 0. The highest BCUT2D eigenvalue weighted by molar-refractivity contribution is 5.89. The second-order valence-electron chi connectivity index (χ2n) is 4.23. The molecule has 0 spiro atoms. The molecule has 8 nitrogen and oxygen atoms in total. The Bertz CT molecular complexity index is 457. The number of aromatic nitrogens is 4. The molecule has 1 N–H and O–H groups in total. The molecule has 2 rings (SSSR count). The van der Waals surface area contributed by atoms with Crippen LogP contribution in [0.15, 0.2) is 0 Å². The summed E-state index contributed by atoms with van der Waals surface area (Å²) in [5.74, 6) is 0.302. The molecular weight excluding hydrogens is 236 g/mol. The van der Waals surface area contributed by atoms with Crippen molar-refractivity contribution in [3.63, 3.8) is 0 Å². The largest absolute Gasteiger partial charge is 0.344 e. The molecule has 0 aliphatic carbocycles. The molecule has 0 aromatic carbocycles. The molecule has 98 valence electrons. The van der Waals surface area contributed by atoms with Gasteiger partial charge in [0, 0.05) is 13.0 Å². The minimum atomic E-state index is -0.448. The Hall–Kier alpha value is -1.99. The molecule has 1 aromatic heterocycles. The molecule has 1 saturated heterocycles. The Kier molecular flexibility index (Phi) is 3.54. The number of rotatable bonds is 3. The van der Waals surface area contributed by atoms with Crippen molar-refractivity contribution in [2.45, 2.75) is 32.4 Å². The van der Waals surface area contributed by atoms with Crippen molar-refractivity contribution in [1.82, 2.24) is 30.4 Å². The maximum Gasteiger partial charge on any atom is 0.245 e. The third-order valence-corrected chi connectivity index (χ3v) is 2.84. The summed E-state index contributed by atoms with van der Waals surface area (Å²) in [6, 6.07) is -0.448. The second-order valence-corrected chi connectivity index (χ2v) is 4.23. The molecule has 1 aliphatic heterocycles. The van der Waals surface area contributed by atoms with E-state index in [1.807, 2.05) is 6.92 Å². The third-order valence-electron chi connectivity index (χ3n) is 2.84. The van der Waals surface area contributed by atoms with Gasteiger partial charge in [0.05, 0.1) is 13.6 Å². The Labute approximate surface area is 104 Å². The number of carbonyl (C=O) groups excluding carboxylic acids is 2. The lowest BCUT2D eigenvalue weighted by Crippen LogP contribution is -2.44. The fraction of sp³-hybridized carbons (Fsp3) is 0.700. The summed E-state index contributed by atoms with van der Waals surface area (Å²) in [6.07, 6.45) is 0.886. The molecule has 1 unspecified atom stereocenters. The van der Waals surface area contributed by atoms with Gasteiger partial charge in [0.1, 0.15) is 6.04 Å². The summed E-state index contributed by atoms with van der Waals surface area (Å²) in [7, 11) is 1.67. The molecule has 1 aliphatic rings. The first-order chi connectivity index (χ1) is 8.60. The van der Waals surface area contributed by atoms with Gasteiger partial charge in [-0.1, -0.05) is 6.92 Å². The van der Waals surface area contributed by atoms with Crippen molar-refractivity contribution in [1.29, 1.82) is 0 Å². The highest BCUT2D eigenvalue weighted by Gasteiger charge is 2.29. The summed E-state index contributed by atoms with van der Waals surface area (Å²) in [6.45, 7) is 2.55. The molecule has 0 bridgehead atoms. The molecule has 1 aromatic rings. The van der Waals surface area contributed by atoms with E-state index in [1.54, 1.807) is 11.9 Å². The van der Waals surface area contributed by atoms with Gasteiger partial charge in [0.25, 0.3) is 0 Å². The molecule has 8 heteroatoms. The number of amides is 2. The quantitative estimate of drug-likeness (QED) is 0.732. The van der Waals surface area contributed by atoms with Gasteiger partial charge in [0.15, 0.2) is 5.82 Å². The smallest absolute Gasteiger partial charge is 0.245 e. The Balaban J connectivity index is 2.10. The zero-order valence-electron chi connectivity index (χ0n) is 10.5. The minimum Gasteiger partial charge on any atom is -0.344 e. The van der Waals surface area contributed by atoms with E-state index < -0.39 is 6.04 Å².